The van der Waals surface area contributed by atoms with E-state index in [0.717, 1.165) is 11.1 Å². The van der Waals surface area contributed by atoms with Crippen molar-refractivity contribution in [2.24, 2.45) is 0 Å². The largest absolute Gasteiger partial charge is 0.490 e. The number of hydrogen-bond acceptors (Lipinski definition) is 4. The summed E-state index contributed by atoms with van der Waals surface area (Å²) in [5, 5.41) is 12.5. The predicted molar refractivity (Wildman–Crippen MR) is 92.4 cm³/mol. The lowest BCUT2D eigenvalue weighted by atomic mass is 10.1. The third-order valence-electron chi connectivity index (χ3n) is 3.50. The molecule has 128 valence electrons. The first-order valence-corrected chi connectivity index (χ1v) is 8.05. The maximum Gasteiger partial charge on any atom is 0.325 e. The van der Waals surface area contributed by atoms with Crippen LogP contribution in [0.2, 0.25) is 0 Å². The Kier molecular flexibility index (Phi) is 6.63. The standard InChI is InChI=1S/C19H23NO4/c1-3-23-16-11-10-14(12-17(16)24-4-2)13-20-18(19(21)22)15-8-6-5-7-9-15/h5-12,18,20H,3-4,13H2,1-2H3,(H,21,22)/t18-/m0/s1. The fraction of sp³-hybridized carbons (Fsp3) is 0.316. The molecular weight excluding hydrogens is 306 g/mol. The topological polar surface area (TPSA) is 67.8 Å². The smallest absolute Gasteiger partial charge is 0.325 e. The zero-order valence-corrected chi connectivity index (χ0v) is 14.0. The van der Waals surface area contributed by atoms with Gasteiger partial charge in [0.15, 0.2) is 11.5 Å². The maximum atomic E-state index is 11.5. The van der Waals surface area contributed by atoms with Gasteiger partial charge in [-0.1, -0.05) is 36.4 Å². The number of carboxylic acid groups (broad SMARTS) is 1. The van der Waals surface area contributed by atoms with Gasteiger partial charge < -0.3 is 14.6 Å². The Hall–Kier alpha value is -2.53. The molecule has 0 radical (unpaired) electrons. The molecule has 1 atom stereocenters. The summed E-state index contributed by atoms with van der Waals surface area (Å²) < 4.78 is 11.1. The highest BCUT2D eigenvalue weighted by molar-refractivity contribution is 5.75. The molecule has 0 fully saturated rings. The van der Waals surface area contributed by atoms with Crippen LogP contribution in [0.25, 0.3) is 0 Å². The second-order valence-corrected chi connectivity index (χ2v) is 5.21. The van der Waals surface area contributed by atoms with Crippen LogP contribution in [0.1, 0.15) is 31.0 Å². The minimum atomic E-state index is -0.905. The Morgan fingerprint density at radius 3 is 2.33 bits per heavy atom. The van der Waals surface area contributed by atoms with E-state index in [2.05, 4.69) is 5.32 Å². The van der Waals surface area contributed by atoms with E-state index in [-0.39, 0.29) is 0 Å². The van der Waals surface area contributed by atoms with Crippen molar-refractivity contribution in [1.82, 2.24) is 5.32 Å². The molecule has 2 N–H and O–H groups in total. The van der Waals surface area contributed by atoms with Crippen molar-refractivity contribution < 1.29 is 19.4 Å². The van der Waals surface area contributed by atoms with E-state index in [4.69, 9.17) is 9.47 Å². The lowest BCUT2D eigenvalue weighted by Gasteiger charge is -2.16. The molecule has 0 amide bonds. The summed E-state index contributed by atoms with van der Waals surface area (Å²) in [5.74, 6) is 0.461. The number of rotatable bonds is 9. The van der Waals surface area contributed by atoms with Gasteiger partial charge in [-0.05, 0) is 37.1 Å². The first-order valence-electron chi connectivity index (χ1n) is 8.05. The van der Waals surface area contributed by atoms with E-state index >= 15 is 0 Å². The first kappa shape index (κ1) is 17.8. The van der Waals surface area contributed by atoms with Crippen LogP contribution in [0.4, 0.5) is 0 Å². The van der Waals surface area contributed by atoms with Crippen molar-refractivity contribution in [3.63, 3.8) is 0 Å². The number of aliphatic carboxylic acids is 1. The molecule has 5 nitrogen and oxygen atoms in total. The van der Waals surface area contributed by atoms with Crippen LogP contribution in [0.15, 0.2) is 48.5 Å². The Balaban J connectivity index is 2.12. The van der Waals surface area contributed by atoms with Gasteiger partial charge in [0.05, 0.1) is 13.2 Å². The van der Waals surface area contributed by atoms with Crippen molar-refractivity contribution in [2.45, 2.75) is 26.4 Å². The van der Waals surface area contributed by atoms with Gasteiger partial charge in [-0.3, -0.25) is 10.1 Å². The summed E-state index contributed by atoms with van der Waals surface area (Å²) in [4.78, 5) is 11.5. The van der Waals surface area contributed by atoms with Crippen molar-refractivity contribution in [3.8, 4) is 11.5 Å². The van der Waals surface area contributed by atoms with Gasteiger partial charge in [-0.2, -0.15) is 0 Å². The second-order valence-electron chi connectivity index (χ2n) is 5.21. The molecule has 0 bridgehead atoms. The Labute approximate surface area is 142 Å². The monoisotopic (exact) mass is 329 g/mol. The minimum Gasteiger partial charge on any atom is -0.490 e. The third kappa shape index (κ3) is 4.73. The number of hydrogen-bond donors (Lipinski definition) is 2. The van der Waals surface area contributed by atoms with Gasteiger partial charge in [0.2, 0.25) is 0 Å². The van der Waals surface area contributed by atoms with Crippen LogP contribution in [-0.4, -0.2) is 24.3 Å². The molecule has 0 unspecified atom stereocenters. The van der Waals surface area contributed by atoms with Gasteiger partial charge in [-0.25, -0.2) is 0 Å². The molecule has 0 spiro atoms. The maximum absolute atomic E-state index is 11.5. The van der Waals surface area contributed by atoms with Crippen LogP contribution in [0.5, 0.6) is 11.5 Å². The average molecular weight is 329 g/mol. The van der Waals surface area contributed by atoms with Crippen molar-refractivity contribution in [2.75, 3.05) is 13.2 Å². The average Bonchev–Trinajstić information content (AvgIpc) is 2.58. The number of benzene rings is 2. The molecule has 24 heavy (non-hydrogen) atoms. The molecule has 0 aliphatic rings. The molecule has 0 saturated heterocycles. The normalized spacial score (nSPS) is 11.8. The van der Waals surface area contributed by atoms with Crippen LogP contribution < -0.4 is 14.8 Å². The van der Waals surface area contributed by atoms with Crippen LogP contribution in [0.3, 0.4) is 0 Å². The Bertz CT molecular complexity index is 658. The van der Waals surface area contributed by atoms with E-state index in [1.54, 1.807) is 12.1 Å². The van der Waals surface area contributed by atoms with E-state index in [1.807, 2.05) is 50.2 Å². The highest BCUT2D eigenvalue weighted by atomic mass is 16.5. The Morgan fingerprint density at radius 1 is 1.04 bits per heavy atom. The number of nitrogens with one attached hydrogen (secondary N) is 1. The number of carboxylic acids is 1. The number of ether oxygens (including phenoxy) is 2. The summed E-state index contributed by atoms with van der Waals surface area (Å²) in [6, 6.07) is 14.0. The zero-order chi connectivity index (χ0) is 17.4. The van der Waals surface area contributed by atoms with Crippen LogP contribution >= 0.6 is 0 Å². The van der Waals surface area contributed by atoms with Crippen molar-refractivity contribution in [1.29, 1.82) is 0 Å². The quantitative estimate of drug-likeness (QED) is 0.738. The van der Waals surface area contributed by atoms with E-state index in [9.17, 15) is 9.90 Å². The van der Waals surface area contributed by atoms with Crippen molar-refractivity contribution >= 4 is 5.97 Å². The summed E-state index contributed by atoms with van der Waals surface area (Å²) in [6.07, 6.45) is 0. The molecular formula is C19H23NO4. The van der Waals surface area contributed by atoms with Gasteiger partial charge in [-0.15, -0.1) is 0 Å². The second kappa shape index (κ2) is 8.93. The highest BCUT2D eigenvalue weighted by Gasteiger charge is 2.19. The molecule has 0 saturated carbocycles. The van der Waals surface area contributed by atoms with E-state index < -0.39 is 12.0 Å². The lowest BCUT2D eigenvalue weighted by molar-refractivity contribution is -0.139. The van der Waals surface area contributed by atoms with Gasteiger partial charge in [0.25, 0.3) is 0 Å². The fourth-order valence-corrected chi connectivity index (χ4v) is 2.42. The van der Waals surface area contributed by atoms with Crippen LogP contribution in [0, 0.1) is 0 Å². The summed E-state index contributed by atoms with van der Waals surface area (Å²) in [5.41, 5.74) is 1.66. The molecule has 0 aliphatic carbocycles. The molecule has 0 aliphatic heterocycles. The summed E-state index contributed by atoms with van der Waals surface area (Å²) >= 11 is 0. The van der Waals surface area contributed by atoms with Gasteiger partial charge >= 0.3 is 5.97 Å². The fourth-order valence-electron chi connectivity index (χ4n) is 2.42. The van der Waals surface area contributed by atoms with Crippen LogP contribution in [-0.2, 0) is 11.3 Å². The molecule has 2 aromatic carbocycles. The highest BCUT2D eigenvalue weighted by Crippen LogP contribution is 2.28. The van der Waals surface area contributed by atoms with E-state index in [0.29, 0.717) is 31.3 Å². The molecule has 2 aromatic rings. The Morgan fingerprint density at radius 2 is 1.71 bits per heavy atom. The van der Waals surface area contributed by atoms with Crippen molar-refractivity contribution in [3.05, 3.63) is 59.7 Å². The summed E-state index contributed by atoms with van der Waals surface area (Å²) in [6.45, 7) is 5.35. The minimum absolute atomic E-state index is 0.415. The number of carbonyl (C=O) groups is 1. The molecule has 0 aromatic heterocycles. The molecule has 0 heterocycles. The zero-order valence-electron chi connectivity index (χ0n) is 14.0. The first-order chi connectivity index (χ1) is 11.7. The third-order valence-corrected chi connectivity index (χ3v) is 3.50. The van der Waals surface area contributed by atoms with Gasteiger partial charge in [0.1, 0.15) is 6.04 Å². The molecule has 2 rings (SSSR count). The summed E-state index contributed by atoms with van der Waals surface area (Å²) in [7, 11) is 0. The molecule has 5 heteroatoms. The lowest BCUT2D eigenvalue weighted by Crippen LogP contribution is -2.28. The predicted octanol–water partition coefficient (Wildman–Crippen LogP) is 3.40. The SMILES string of the molecule is CCOc1ccc(CN[C@H](C(=O)O)c2ccccc2)cc1OCC. The van der Waals surface area contributed by atoms with E-state index in [1.165, 1.54) is 0 Å². The van der Waals surface area contributed by atoms with Gasteiger partial charge in [0, 0.05) is 6.54 Å².